The molecule has 0 saturated heterocycles. The Bertz CT molecular complexity index is 1380. The molecule has 1 unspecified atom stereocenters. The number of fused-ring (bicyclic) bond motifs is 1. The molecule has 11 heteroatoms. The molecule has 1 saturated carbocycles. The van der Waals surface area contributed by atoms with Crippen molar-refractivity contribution in [2.75, 3.05) is 11.4 Å². The van der Waals surface area contributed by atoms with Gasteiger partial charge in [0.2, 0.25) is 0 Å². The van der Waals surface area contributed by atoms with Gasteiger partial charge in [0.1, 0.15) is 5.69 Å². The van der Waals surface area contributed by atoms with Crippen molar-refractivity contribution in [3.8, 4) is 0 Å². The quantitative estimate of drug-likeness (QED) is 0.427. The van der Waals surface area contributed by atoms with E-state index in [2.05, 4.69) is 15.3 Å². The lowest BCUT2D eigenvalue weighted by molar-refractivity contribution is -0.132. The Morgan fingerprint density at radius 1 is 1.11 bits per heavy atom. The zero-order valence-corrected chi connectivity index (χ0v) is 21.6. The highest BCUT2D eigenvalue weighted by Crippen LogP contribution is 2.45. The van der Waals surface area contributed by atoms with E-state index in [-0.39, 0.29) is 22.5 Å². The van der Waals surface area contributed by atoms with Crippen LogP contribution < -0.4 is 10.2 Å². The standard InChI is InChI=1S/C27H24Cl2F2N4O3/c28-17-9-16(11-32-12-17)27(38)21-3-1-2-4-22(21)35(26(27)37)14-15-5-7-19(8-6-15)34-25(36)20-10-18(29)13-33-23(20)24(30)31/h1-4,9-13,15,19,24,38H,5-8,14H2,(H,34,36). The van der Waals surface area contributed by atoms with E-state index in [1.807, 2.05) is 6.07 Å². The Labute approximate surface area is 227 Å². The maximum Gasteiger partial charge on any atom is 0.281 e. The van der Waals surface area contributed by atoms with Gasteiger partial charge in [-0.3, -0.25) is 19.6 Å². The molecule has 0 bridgehead atoms. The molecular formula is C27H24Cl2F2N4O3. The van der Waals surface area contributed by atoms with Gasteiger partial charge in [-0.15, -0.1) is 0 Å². The number of nitrogens with zero attached hydrogens (tertiary/aromatic N) is 3. The summed E-state index contributed by atoms with van der Waals surface area (Å²) < 4.78 is 26.6. The van der Waals surface area contributed by atoms with Crippen LogP contribution in [0.1, 0.15) is 59.3 Å². The number of para-hydroxylation sites is 1. The van der Waals surface area contributed by atoms with Crippen LogP contribution >= 0.6 is 23.2 Å². The van der Waals surface area contributed by atoms with Crippen LogP contribution in [0.25, 0.3) is 0 Å². The lowest BCUT2D eigenvalue weighted by Crippen LogP contribution is -2.44. The van der Waals surface area contributed by atoms with Gasteiger partial charge in [-0.05, 0) is 49.8 Å². The predicted molar refractivity (Wildman–Crippen MR) is 138 cm³/mol. The molecular weight excluding hydrogens is 537 g/mol. The lowest BCUT2D eigenvalue weighted by atomic mass is 9.85. The second-order valence-corrected chi connectivity index (χ2v) is 10.5. The van der Waals surface area contributed by atoms with Crippen LogP contribution in [0.2, 0.25) is 10.0 Å². The third-order valence-corrected chi connectivity index (χ3v) is 7.63. The molecule has 1 aliphatic heterocycles. The van der Waals surface area contributed by atoms with E-state index < -0.39 is 29.5 Å². The van der Waals surface area contributed by atoms with Crippen molar-refractivity contribution in [3.63, 3.8) is 0 Å². The van der Waals surface area contributed by atoms with Gasteiger partial charge < -0.3 is 15.3 Å². The Morgan fingerprint density at radius 2 is 1.82 bits per heavy atom. The fraction of sp³-hybridized carbons (Fsp3) is 0.333. The van der Waals surface area contributed by atoms with Crippen molar-refractivity contribution in [2.24, 2.45) is 5.92 Å². The second kappa shape index (κ2) is 10.6. The molecule has 198 valence electrons. The number of rotatable bonds is 6. The second-order valence-electron chi connectivity index (χ2n) is 9.61. The van der Waals surface area contributed by atoms with Crippen LogP contribution in [-0.2, 0) is 10.4 Å². The van der Waals surface area contributed by atoms with E-state index in [0.717, 1.165) is 6.20 Å². The van der Waals surface area contributed by atoms with Gasteiger partial charge >= 0.3 is 0 Å². The number of aliphatic hydroxyl groups is 1. The molecule has 5 rings (SSSR count). The molecule has 38 heavy (non-hydrogen) atoms. The smallest absolute Gasteiger partial charge is 0.281 e. The molecule has 2 amide bonds. The van der Waals surface area contributed by atoms with Crippen molar-refractivity contribution in [3.05, 3.63) is 87.4 Å². The maximum absolute atomic E-state index is 13.6. The number of hydrogen-bond donors (Lipinski definition) is 2. The molecule has 0 radical (unpaired) electrons. The summed E-state index contributed by atoms with van der Waals surface area (Å²) in [6, 6.07) is 9.62. The first kappa shape index (κ1) is 26.5. The summed E-state index contributed by atoms with van der Waals surface area (Å²) in [6.45, 7) is 0.389. The number of benzene rings is 1. The summed E-state index contributed by atoms with van der Waals surface area (Å²) in [5.74, 6) is -0.988. The molecule has 1 aromatic carbocycles. The first-order chi connectivity index (χ1) is 18.2. The highest BCUT2D eigenvalue weighted by Gasteiger charge is 2.51. The molecule has 2 N–H and O–H groups in total. The Balaban J connectivity index is 1.27. The van der Waals surface area contributed by atoms with Gasteiger partial charge in [0.25, 0.3) is 18.2 Å². The predicted octanol–water partition coefficient (Wildman–Crippen LogP) is 5.29. The van der Waals surface area contributed by atoms with Gasteiger partial charge in [-0.1, -0.05) is 41.4 Å². The molecule has 2 aliphatic rings. The number of nitrogens with one attached hydrogen (secondary N) is 1. The molecule has 3 heterocycles. The average Bonchev–Trinajstić information content (AvgIpc) is 3.12. The molecule has 3 aromatic rings. The zero-order valence-electron chi connectivity index (χ0n) is 20.1. The van der Waals surface area contributed by atoms with E-state index in [0.29, 0.717) is 54.1 Å². The number of carbonyl (C=O) groups excluding carboxylic acids is 2. The van der Waals surface area contributed by atoms with Gasteiger partial charge in [0.05, 0.1) is 21.3 Å². The van der Waals surface area contributed by atoms with Crippen LogP contribution in [0.5, 0.6) is 0 Å². The zero-order chi connectivity index (χ0) is 27.0. The topological polar surface area (TPSA) is 95.4 Å². The number of halogens is 4. The van der Waals surface area contributed by atoms with E-state index in [9.17, 15) is 23.5 Å². The molecule has 7 nitrogen and oxygen atoms in total. The van der Waals surface area contributed by atoms with Crippen molar-refractivity contribution >= 4 is 40.7 Å². The SMILES string of the molecule is O=C(NC1CCC(CN2C(=O)C(O)(c3cncc(Cl)c3)c3ccccc32)CC1)c1cc(Cl)cnc1C(F)F. The summed E-state index contributed by atoms with van der Waals surface area (Å²) in [6.07, 6.45) is 3.69. The Morgan fingerprint density at radius 3 is 2.53 bits per heavy atom. The normalized spacial score (nSPS) is 23.0. The van der Waals surface area contributed by atoms with Crippen LogP contribution in [0.15, 0.2) is 55.0 Å². The summed E-state index contributed by atoms with van der Waals surface area (Å²) in [4.78, 5) is 35.6. The van der Waals surface area contributed by atoms with Crippen LogP contribution in [-0.4, -0.2) is 39.5 Å². The maximum atomic E-state index is 13.6. The van der Waals surface area contributed by atoms with E-state index in [1.54, 1.807) is 23.1 Å². The third-order valence-electron chi connectivity index (χ3n) is 7.22. The molecule has 2 aromatic heterocycles. The molecule has 1 fully saturated rings. The highest BCUT2D eigenvalue weighted by molar-refractivity contribution is 6.31. The van der Waals surface area contributed by atoms with Gasteiger partial charge in [0.15, 0.2) is 5.60 Å². The number of aromatic nitrogens is 2. The largest absolute Gasteiger partial charge is 0.372 e. The van der Waals surface area contributed by atoms with Gasteiger partial charge in [-0.25, -0.2) is 8.78 Å². The minimum atomic E-state index is -2.90. The monoisotopic (exact) mass is 560 g/mol. The fourth-order valence-corrected chi connectivity index (χ4v) is 5.65. The van der Waals surface area contributed by atoms with Crippen LogP contribution in [0.3, 0.4) is 0 Å². The summed E-state index contributed by atoms with van der Waals surface area (Å²) in [5, 5.41) is 14.9. The van der Waals surface area contributed by atoms with Crippen molar-refractivity contribution < 1.29 is 23.5 Å². The number of alkyl halides is 2. The first-order valence-electron chi connectivity index (χ1n) is 12.2. The van der Waals surface area contributed by atoms with Crippen molar-refractivity contribution in [1.29, 1.82) is 0 Å². The number of carbonyl (C=O) groups is 2. The molecule has 0 spiro atoms. The Hall–Kier alpha value is -3.14. The molecule has 1 atom stereocenters. The van der Waals surface area contributed by atoms with Crippen molar-refractivity contribution in [1.82, 2.24) is 15.3 Å². The average molecular weight is 561 g/mol. The number of hydrogen-bond acceptors (Lipinski definition) is 5. The summed E-state index contributed by atoms with van der Waals surface area (Å²) in [5.41, 5.74) is -1.33. The minimum Gasteiger partial charge on any atom is -0.372 e. The number of amides is 2. The van der Waals surface area contributed by atoms with Crippen LogP contribution in [0, 0.1) is 5.92 Å². The van der Waals surface area contributed by atoms with Crippen molar-refractivity contribution in [2.45, 2.75) is 43.8 Å². The summed E-state index contributed by atoms with van der Waals surface area (Å²) in [7, 11) is 0. The fourth-order valence-electron chi connectivity index (χ4n) is 5.32. The lowest BCUT2D eigenvalue weighted by Gasteiger charge is -2.32. The Kier molecular flexibility index (Phi) is 7.35. The van der Waals surface area contributed by atoms with Gasteiger partial charge in [-0.2, -0.15) is 0 Å². The van der Waals surface area contributed by atoms with Crippen LogP contribution in [0.4, 0.5) is 14.5 Å². The summed E-state index contributed by atoms with van der Waals surface area (Å²) >= 11 is 12.0. The minimum absolute atomic E-state index is 0.104. The van der Waals surface area contributed by atoms with E-state index in [1.165, 1.54) is 24.5 Å². The highest BCUT2D eigenvalue weighted by atomic mass is 35.5. The third kappa shape index (κ3) is 4.86. The van der Waals surface area contributed by atoms with Gasteiger partial charge in [0, 0.05) is 42.3 Å². The number of anilines is 1. The first-order valence-corrected chi connectivity index (χ1v) is 12.9. The molecule has 1 aliphatic carbocycles. The number of pyridine rings is 2. The van der Waals surface area contributed by atoms with E-state index >= 15 is 0 Å². The van der Waals surface area contributed by atoms with E-state index in [4.69, 9.17) is 23.2 Å².